The van der Waals surface area contributed by atoms with Gasteiger partial charge in [0.15, 0.2) is 0 Å². The summed E-state index contributed by atoms with van der Waals surface area (Å²) in [6, 6.07) is 6.77. The third-order valence-electron chi connectivity index (χ3n) is 4.65. The van der Waals surface area contributed by atoms with Crippen LogP contribution in [0.3, 0.4) is 0 Å². The lowest BCUT2D eigenvalue weighted by Crippen LogP contribution is -2.44. The molecule has 1 aromatic rings. The van der Waals surface area contributed by atoms with Crippen molar-refractivity contribution >= 4 is 0 Å². The number of benzene rings is 1. The fourth-order valence-electron chi connectivity index (χ4n) is 3.55. The first-order valence-electron chi connectivity index (χ1n) is 7.46. The topological polar surface area (TPSA) is 15.3 Å². The molecule has 0 saturated carbocycles. The number of rotatable bonds is 3. The highest BCUT2D eigenvalue weighted by molar-refractivity contribution is 5.23. The summed E-state index contributed by atoms with van der Waals surface area (Å²) < 4.78 is 13.2. The predicted octanol–water partition coefficient (Wildman–Crippen LogP) is 2.85. The monoisotopic (exact) mass is 262 g/mol. The maximum Gasteiger partial charge on any atom is 0.126 e. The van der Waals surface area contributed by atoms with Crippen molar-refractivity contribution < 1.29 is 4.39 Å². The molecule has 0 aliphatic carbocycles. The van der Waals surface area contributed by atoms with Crippen molar-refractivity contribution in [3.8, 4) is 0 Å². The molecule has 2 atom stereocenters. The van der Waals surface area contributed by atoms with Crippen LogP contribution in [0.25, 0.3) is 0 Å². The third-order valence-corrected chi connectivity index (χ3v) is 4.65. The lowest BCUT2D eigenvalue weighted by atomic mass is 9.99. The molecule has 1 N–H and O–H groups in total. The standard InChI is InChI=1S/C16H23FN2/c1-12-10-13(5-6-14(12)17)11-18-15-7-9-19-8-3-2-4-16(15)19/h5-6,10,15-16,18H,2-4,7-9,11H2,1H3. The lowest BCUT2D eigenvalue weighted by molar-refractivity contribution is 0.180. The molecule has 2 fully saturated rings. The minimum absolute atomic E-state index is 0.108. The van der Waals surface area contributed by atoms with Crippen molar-refractivity contribution in [1.82, 2.24) is 10.2 Å². The van der Waals surface area contributed by atoms with Gasteiger partial charge >= 0.3 is 0 Å². The molecule has 3 rings (SSSR count). The first-order valence-corrected chi connectivity index (χ1v) is 7.46. The number of hydrogen-bond donors (Lipinski definition) is 1. The van der Waals surface area contributed by atoms with Crippen LogP contribution in [0.2, 0.25) is 0 Å². The first kappa shape index (κ1) is 13.1. The predicted molar refractivity (Wildman–Crippen MR) is 75.6 cm³/mol. The second-order valence-corrected chi connectivity index (χ2v) is 5.96. The molecule has 104 valence electrons. The van der Waals surface area contributed by atoms with Crippen molar-refractivity contribution in [3.63, 3.8) is 0 Å². The van der Waals surface area contributed by atoms with E-state index in [1.807, 2.05) is 19.1 Å². The quantitative estimate of drug-likeness (QED) is 0.901. The Labute approximate surface area is 115 Å². The van der Waals surface area contributed by atoms with E-state index in [0.29, 0.717) is 6.04 Å². The number of aryl methyl sites for hydroxylation is 1. The number of nitrogens with one attached hydrogen (secondary N) is 1. The van der Waals surface area contributed by atoms with E-state index < -0.39 is 0 Å². The van der Waals surface area contributed by atoms with Crippen LogP contribution in [0.4, 0.5) is 4.39 Å². The third kappa shape index (κ3) is 2.82. The van der Waals surface area contributed by atoms with E-state index in [-0.39, 0.29) is 5.82 Å². The summed E-state index contributed by atoms with van der Waals surface area (Å²) in [5, 5.41) is 3.68. The van der Waals surface area contributed by atoms with Gasteiger partial charge in [-0.05, 0) is 49.9 Å². The van der Waals surface area contributed by atoms with Crippen LogP contribution in [0, 0.1) is 12.7 Å². The van der Waals surface area contributed by atoms with Gasteiger partial charge in [0.05, 0.1) is 0 Å². The molecule has 0 aromatic heterocycles. The van der Waals surface area contributed by atoms with Gasteiger partial charge in [-0.3, -0.25) is 4.90 Å². The van der Waals surface area contributed by atoms with E-state index in [2.05, 4.69) is 10.2 Å². The van der Waals surface area contributed by atoms with Crippen LogP contribution in [-0.4, -0.2) is 30.1 Å². The van der Waals surface area contributed by atoms with Crippen LogP contribution in [-0.2, 0) is 6.54 Å². The minimum atomic E-state index is -0.108. The van der Waals surface area contributed by atoms with E-state index in [9.17, 15) is 4.39 Å². The second kappa shape index (κ2) is 5.59. The van der Waals surface area contributed by atoms with Gasteiger partial charge < -0.3 is 5.32 Å². The highest BCUT2D eigenvalue weighted by Crippen LogP contribution is 2.27. The minimum Gasteiger partial charge on any atom is -0.308 e. The fourth-order valence-corrected chi connectivity index (χ4v) is 3.55. The number of fused-ring (bicyclic) bond motifs is 1. The van der Waals surface area contributed by atoms with Crippen LogP contribution in [0.15, 0.2) is 18.2 Å². The molecule has 2 heterocycles. The largest absolute Gasteiger partial charge is 0.308 e. The molecule has 2 nitrogen and oxygen atoms in total. The Morgan fingerprint density at radius 2 is 2.16 bits per heavy atom. The Morgan fingerprint density at radius 1 is 1.26 bits per heavy atom. The van der Waals surface area contributed by atoms with E-state index in [1.54, 1.807) is 6.07 Å². The molecule has 0 amide bonds. The zero-order valence-electron chi connectivity index (χ0n) is 11.7. The van der Waals surface area contributed by atoms with E-state index in [4.69, 9.17) is 0 Å². The van der Waals surface area contributed by atoms with E-state index in [0.717, 1.165) is 18.2 Å². The van der Waals surface area contributed by atoms with Crippen molar-refractivity contribution in [2.75, 3.05) is 13.1 Å². The van der Waals surface area contributed by atoms with Gasteiger partial charge in [-0.2, -0.15) is 0 Å². The molecule has 3 heteroatoms. The SMILES string of the molecule is Cc1cc(CNC2CCN3CCCCC23)ccc1F. The Hall–Kier alpha value is -0.930. The maximum atomic E-state index is 13.2. The number of halogens is 1. The highest BCUT2D eigenvalue weighted by atomic mass is 19.1. The second-order valence-electron chi connectivity index (χ2n) is 5.96. The Kier molecular flexibility index (Phi) is 3.85. The van der Waals surface area contributed by atoms with E-state index in [1.165, 1.54) is 44.3 Å². The van der Waals surface area contributed by atoms with Crippen molar-refractivity contribution in [1.29, 1.82) is 0 Å². The molecule has 0 spiro atoms. The summed E-state index contributed by atoms with van der Waals surface area (Å²) in [4.78, 5) is 2.64. The van der Waals surface area contributed by atoms with Gasteiger partial charge in [-0.1, -0.05) is 18.6 Å². The number of piperidine rings is 1. The molecule has 2 aliphatic rings. The summed E-state index contributed by atoms with van der Waals surface area (Å²) in [6.07, 6.45) is 5.32. The Bertz CT molecular complexity index is 446. The average Bonchev–Trinajstić information content (AvgIpc) is 2.83. The molecule has 0 bridgehead atoms. The van der Waals surface area contributed by atoms with Gasteiger partial charge in [-0.25, -0.2) is 4.39 Å². The Balaban J connectivity index is 1.58. The molecule has 0 radical (unpaired) electrons. The highest BCUT2D eigenvalue weighted by Gasteiger charge is 2.34. The molecular formula is C16H23FN2. The summed E-state index contributed by atoms with van der Waals surface area (Å²) in [7, 11) is 0. The van der Waals surface area contributed by atoms with E-state index >= 15 is 0 Å². The molecule has 2 saturated heterocycles. The van der Waals surface area contributed by atoms with Gasteiger partial charge in [0.1, 0.15) is 5.82 Å². The average molecular weight is 262 g/mol. The first-order chi connectivity index (χ1) is 9.24. The molecule has 19 heavy (non-hydrogen) atoms. The van der Waals surface area contributed by atoms with Crippen molar-refractivity contribution in [3.05, 3.63) is 35.1 Å². The summed E-state index contributed by atoms with van der Waals surface area (Å²) >= 11 is 0. The summed E-state index contributed by atoms with van der Waals surface area (Å²) in [5.41, 5.74) is 1.93. The number of nitrogens with zero attached hydrogens (tertiary/aromatic N) is 1. The fraction of sp³-hybridized carbons (Fsp3) is 0.625. The van der Waals surface area contributed by atoms with Crippen LogP contribution < -0.4 is 5.32 Å². The van der Waals surface area contributed by atoms with Gasteiger partial charge in [-0.15, -0.1) is 0 Å². The van der Waals surface area contributed by atoms with Gasteiger partial charge in [0, 0.05) is 25.2 Å². The zero-order valence-corrected chi connectivity index (χ0v) is 11.7. The smallest absolute Gasteiger partial charge is 0.126 e. The summed E-state index contributed by atoms with van der Waals surface area (Å²) in [5.74, 6) is -0.108. The van der Waals surface area contributed by atoms with Crippen LogP contribution in [0.5, 0.6) is 0 Å². The van der Waals surface area contributed by atoms with Gasteiger partial charge in [0.2, 0.25) is 0 Å². The van der Waals surface area contributed by atoms with Gasteiger partial charge in [0.25, 0.3) is 0 Å². The normalized spacial score (nSPS) is 27.5. The van der Waals surface area contributed by atoms with Crippen LogP contribution >= 0.6 is 0 Å². The maximum absolute atomic E-state index is 13.2. The molecule has 2 unspecified atom stereocenters. The lowest BCUT2D eigenvalue weighted by Gasteiger charge is -2.32. The Morgan fingerprint density at radius 3 is 3.00 bits per heavy atom. The summed E-state index contributed by atoms with van der Waals surface area (Å²) in [6.45, 7) is 5.21. The molecular weight excluding hydrogens is 239 g/mol. The number of hydrogen-bond acceptors (Lipinski definition) is 2. The van der Waals surface area contributed by atoms with Crippen molar-refractivity contribution in [2.45, 2.75) is 51.2 Å². The molecule has 1 aromatic carbocycles. The van der Waals surface area contributed by atoms with Crippen molar-refractivity contribution in [2.24, 2.45) is 0 Å². The van der Waals surface area contributed by atoms with Crippen LogP contribution in [0.1, 0.15) is 36.8 Å². The zero-order chi connectivity index (χ0) is 13.2. The molecule has 2 aliphatic heterocycles.